The molecule has 0 N–H and O–H groups in total. The minimum atomic E-state index is -3.75. The summed E-state index contributed by atoms with van der Waals surface area (Å²) >= 11 is 0. The molecule has 4 nitrogen and oxygen atoms in total. The Morgan fingerprint density at radius 2 is 1.38 bits per heavy atom. The molecular weight excluding hydrogens is 382 g/mol. The summed E-state index contributed by atoms with van der Waals surface area (Å²) in [4.78, 5) is 0.256. The molecule has 3 aromatic carbocycles. The highest BCUT2D eigenvalue weighted by Crippen LogP contribution is 2.28. The molecular formula is C24H25NO3S. The molecule has 5 heteroatoms. The van der Waals surface area contributed by atoms with E-state index in [0.29, 0.717) is 11.3 Å². The first-order valence-electron chi connectivity index (χ1n) is 9.29. The molecule has 0 radical (unpaired) electrons. The summed E-state index contributed by atoms with van der Waals surface area (Å²) in [6.45, 7) is 8.18. The van der Waals surface area contributed by atoms with Crippen molar-refractivity contribution in [2.45, 2.75) is 18.7 Å². The van der Waals surface area contributed by atoms with Crippen LogP contribution in [0.15, 0.2) is 84.3 Å². The summed E-state index contributed by atoms with van der Waals surface area (Å²) in [6.07, 6.45) is 0. The van der Waals surface area contributed by atoms with Gasteiger partial charge in [-0.2, -0.15) is 0 Å². The Morgan fingerprint density at radius 1 is 0.862 bits per heavy atom. The fourth-order valence-electron chi connectivity index (χ4n) is 2.95. The van der Waals surface area contributed by atoms with E-state index in [4.69, 9.17) is 4.74 Å². The largest absolute Gasteiger partial charge is 0.497 e. The highest BCUT2D eigenvalue weighted by Gasteiger charge is 2.25. The smallest absolute Gasteiger partial charge is 0.264 e. The molecule has 0 saturated carbocycles. The van der Waals surface area contributed by atoms with E-state index in [1.165, 1.54) is 4.31 Å². The number of methoxy groups -OCH3 is 1. The Kier molecular flexibility index (Phi) is 6.09. The molecule has 0 aromatic heterocycles. The van der Waals surface area contributed by atoms with Gasteiger partial charge in [0.2, 0.25) is 0 Å². The van der Waals surface area contributed by atoms with Crippen LogP contribution in [0.4, 0.5) is 5.69 Å². The fraction of sp³-hybridized carbons (Fsp3) is 0.167. The molecule has 3 rings (SSSR count). The first-order chi connectivity index (χ1) is 13.8. The van der Waals surface area contributed by atoms with Crippen LogP contribution in [0.1, 0.15) is 16.7 Å². The fourth-order valence-corrected chi connectivity index (χ4v) is 4.41. The summed E-state index contributed by atoms with van der Waals surface area (Å²) < 4.78 is 33.5. The van der Waals surface area contributed by atoms with E-state index in [2.05, 4.69) is 6.58 Å². The van der Waals surface area contributed by atoms with Gasteiger partial charge in [0.25, 0.3) is 10.0 Å². The zero-order valence-electron chi connectivity index (χ0n) is 16.9. The summed E-state index contributed by atoms with van der Waals surface area (Å²) in [5.41, 5.74) is 4.24. The van der Waals surface area contributed by atoms with E-state index in [0.717, 1.165) is 22.4 Å². The lowest BCUT2D eigenvalue weighted by Crippen LogP contribution is -2.32. The van der Waals surface area contributed by atoms with Gasteiger partial charge in [-0.05, 0) is 61.4 Å². The number of aryl methyl sites for hydroxylation is 2. The lowest BCUT2D eigenvalue weighted by molar-refractivity contribution is 0.415. The average Bonchev–Trinajstić information content (AvgIpc) is 2.73. The van der Waals surface area contributed by atoms with E-state index in [-0.39, 0.29) is 11.4 Å². The minimum Gasteiger partial charge on any atom is -0.497 e. The molecule has 0 aliphatic carbocycles. The number of nitrogens with zero attached hydrogens (tertiary/aromatic N) is 1. The molecule has 0 spiro atoms. The van der Waals surface area contributed by atoms with Crippen LogP contribution >= 0.6 is 0 Å². The Morgan fingerprint density at radius 3 is 1.90 bits per heavy atom. The molecule has 0 aliphatic rings. The summed E-state index contributed by atoms with van der Waals surface area (Å²) in [5, 5.41) is 0. The number of hydrogen-bond donors (Lipinski definition) is 0. The lowest BCUT2D eigenvalue weighted by atomic mass is 10.1. The van der Waals surface area contributed by atoms with Gasteiger partial charge in [-0.3, -0.25) is 4.31 Å². The standard InChI is InChI=1S/C24H25NO3S/c1-18-5-11-22(12-6-18)25(29(26,27)24-15-7-19(2)8-16-24)17-20(3)21-9-13-23(28-4)14-10-21/h5-16H,3,17H2,1-2,4H3. The molecule has 0 saturated heterocycles. The van der Waals surface area contributed by atoms with Crippen molar-refractivity contribution in [2.24, 2.45) is 0 Å². The van der Waals surface area contributed by atoms with Gasteiger partial charge in [-0.15, -0.1) is 0 Å². The molecule has 0 heterocycles. The lowest BCUT2D eigenvalue weighted by Gasteiger charge is -2.26. The molecule has 0 fully saturated rings. The second-order valence-corrected chi connectivity index (χ2v) is 8.85. The van der Waals surface area contributed by atoms with Crippen molar-refractivity contribution in [2.75, 3.05) is 18.0 Å². The molecule has 0 aliphatic heterocycles. The van der Waals surface area contributed by atoms with Crippen molar-refractivity contribution in [3.05, 3.63) is 96.1 Å². The van der Waals surface area contributed by atoms with Crippen LogP contribution in [0.25, 0.3) is 5.57 Å². The van der Waals surface area contributed by atoms with Gasteiger partial charge < -0.3 is 4.74 Å². The Hall–Kier alpha value is -3.05. The van der Waals surface area contributed by atoms with Crippen LogP contribution in [0.5, 0.6) is 5.75 Å². The van der Waals surface area contributed by atoms with Crippen LogP contribution in [-0.2, 0) is 10.0 Å². The van der Waals surface area contributed by atoms with Crippen molar-refractivity contribution in [3.63, 3.8) is 0 Å². The van der Waals surface area contributed by atoms with Crippen molar-refractivity contribution >= 4 is 21.3 Å². The number of ether oxygens (including phenoxy) is 1. The number of rotatable bonds is 7. The third-order valence-electron chi connectivity index (χ3n) is 4.76. The van der Waals surface area contributed by atoms with Crippen LogP contribution in [0.2, 0.25) is 0 Å². The van der Waals surface area contributed by atoms with E-state index in [1.54, 1.807) is 31.4 Å². The highest BCUT2D eigenvalue weighted by molar-refractivity contribution is 7.92. The predicted molar refractivity (Wildman–Crippen MR) is 119 cm³/mol. The third-order valence-corrected chi connectivity index (χ3v) is 6.55. The summed E-state index contributed by atoms with van der Waals surface area (Å²) in [6, 6.07) is 21.8. The molecule has 150 valence electrons. The van der Waals surface area contributed by atoms with Gasteiger partial charge in [-0.25, -0.2) is 8.42 Å². The number of sulfonamides is 1. The van der Waals surface area contributed by atoms with Crippen molar-refractivity contribution < 1.29 is 13.2 Å². The van der Waals surface area contributed by atoms with E-state index in [1.807, 2.05) is 62.4 Å². The normalized spacial score (nSPS) is 11.1. The van der Waals surface area contributed by atoms with E-state index in [9.17, 15) is 8.42 Å². The first kappa shape index (κ1) is 20.7. The zero-order valence-corrected chi connectivity index (χ0v) is 17.7. The van der Waals surface area contributed by atoms with Crippen molar-refractivity contribution in [3.8, 4) is 5.75 Å². The van der Waals surface area contributed by atoms with E-state index < -0.39 is 10.0 Å². The SMILES string of the molecule is C=C(CN(c1ccc(C)cc1)S(=O)(=O)c1ccc(C)cc1)c1ccc(OC)cc1. The van der Waals surface area contributed by atoms with Crippen LogP contribution in [0, 0.1) is 13.8 Å². The Bertz CT molecular complexity index is 1080. The molecule has 0 bridgehead atoms. The second-order valence-electron chi connectivity index (χ2n) is 6.99. The maximum absolute atomic E-state index is 13.5. The Balaban J connectivity index is 1.99. The minimum absolute atomic E-state index is 0.144. The van der Waals surface area contributed by atoms with Crippen molar-refractivity contribution in [1.82, 2.24) is 0 Å². The van der Waals surface area contributed by atoms with Gasteiger partial charge >= 0.3 is 0 Å². The molecule has 29 heavy (non-hydrogen) atoms. The van der Waals surface area contributed by atoms with Crippen LogP contribution in [-0.4, -0.2) is 22.1 Å². The van der Waals surface area contributed by atoms with Crippen molar-refractivity contribution in [1.29, 1.82) is 0 Å². The average molecular weight is 408 g/mol. The maximum atomic E-state index is 13.5. The summed E-state index contributed by atoms with van der Waals surface area (Å²) in [5.74, 6) is 0.740. The molecule has 0 amide bonds. The molecule has 0 unspecified atom stereocenters. The topological polar surface area (TPSA) is 46.6 Å². The molecule has 0 atom stereocenters. The number of hydrogen-bond acceptors (Lipinski definition) is 3. The number of benzene rings is 3. The second kappa shape index (κ2) is 8.53. The molecule has 3 aromatic rings. The van der Waals surface area contributed by atoms with Gasteiger partial charge in [-0.1, -0.05) is 54.1 Å². The third kappa shape index (κ3) is 4.69. The number of anilines is 1. The quantitative estimate of drug-likeness (QED) is 0.539. The van der Waals surface area contributed by atoms with E-state index >= 15 is 0 Å². The Labute approximate surface area is 173 Å². The van der Waals surface area contributed by atoms with Gasteiger partial charge in [0, 0.05) is 0 Å². The maximum Gasteiger partial charge on any atom is 0.264 e. The summed E-state index contributed by atoms with van der Waals surface area (Å²) in [7, 11) is -2.14. The van der Waals surface area contributed by atoms with Crippen LogP contribution in [0.3, 0.4) is 0 Å². The van der Waals surface area contributed by atoms with Gasteiger partial charge in [0.1, 0.15) is 5.75 Å². The van der Waals surface area contributed by atoms with Gasteiger partial charge in [0.05, 0.1) is 24.2 Å². The monoisotopic (exact) mass is 407 g/mol. The predicted octanol–water partition coefficient (Wildman–Crippen LogP) is 5.22. The van der Waals surface area contributed by atoms with Crippen LogP contribution < -0.4 is 9.04 Å². The zero-order chi connectivity index (χ0) is 21.0. The first-order valence-corrected chi connectivity index (χ1v) is 10.7. The highest BCUT2D eigenvalue weighted by atomic mass is 32.2. The van der Waals surface area contributed by atoms with Gasteiger partial charge in [0.15, 0.2) is 0 Å².